The Morgan fingerprint density at radius 2 is 1.72 bits per heavy atom. The van der Waals surface area contributed by atoms with Crippen LogP contribution in [0.1, 0.15) is 10.4 Å². The zero-order chi connectivity index (χ0) is 22.1. The van der Waals surface area contributed by atoms with Crippen LogP contribution in [-0.4, -0.2) is 21.0 Å². The van der Waals surface area contributed by atoms with E-state index in [1.54, 1.807) is 30.5 Å². The number of oxazole rings is 1. The summed E-state index contributed by atoms with van der Waals surface area (Å²) in [4.78, 5) is 21.4. The van der Waals surface area contributed by atoms with Crippen molar-refractivity contribution in [1.82, 2.24) is 15.3 Å². The lowest BCUT2D eigenvalue weighted by Crippen LogP contribution is -2.34. The van der Waals surface area contributed by atoms with E-state index in [1.807, 2.05) is 48.5 Å². The van der Waals surface area contributed by atoms with Gasteiger partial charge in [-0.05, 0) is 66.1 Å². The number of thiocarbonyl (C=S) groups is 1. The molecule has 0 saturated heterocycles. The molecule has 0 spiro atoms. The van der Waals surface area contributed by atoms with E-state index in [4.69, 9.17) is 28.2 Å². The molecule has 3 aromatic carbocycles. The Hall–Kier alpha value is -3.81. The summed E-state index contributed by atoms with van der Waals surface area (Å²) >= 11 is 11.6. The normalized spacial score (nSPS) is 10.9. The minimum Gasteiger partial charge on any atom is -0.434 e. The zero-order valence-electron chi connectivity index (χ0n) is 16.5. The second kappa shape index (κ2) is 8.37. The van der Waals surface area contributed by atoms with Gasteiger partial charge < -0.3 is 9.73 Å². The summed E-state index contributed by atoms with van der Waals surface area (Å²) in [6.07, 6.45) is 1.67. The number of halogens is 1. The lowest BCUT2D eigenvalue weighted by molar-refractivity contribution is 0.0979. The van der Waals surface area contributed by atoms with Crippen LogP contribution in [0.4, 0.5) is 5.69 Å². The molecule has 5 rings (SSSR count). The van der Waals surface area contributed by atoms with Crippen LogP contribution >= 0.6 is 23.8 Å². The summed E-state index contributed by atoms with van der Waals surface area (Å²) in [6.45, 7) is 0. The fourth-order valence-electron chi connectivity index (χ4n) is 3.39. The molecule has 2 N–H and O–H groups in total. The molecule has 2 aromatic heterocycles. The van der Waals surface area contributed by atoms with Crippen LogP contribution < -0.4 is 10.6 Å². The molecule has 0 atom stereocenters. The van der Waals surface area contributed by atoms with Crippen molar-refractivity contribution in [3.63, 3.8) is 0 Å². The van der Waals surface area contributed by atoms with Gasteiger partial charge in [-0.25, -0.2) is 4.98 Å². The molecule has 0 saturated carbocycles. The third-order valence-corrected chi connectivity index (χ3v) is 5.43. The average molecular weight is 459 g/mol. The van der Waals surface area contributed by atoms with Gasteiger partial charge in [0.05, 0.1) is 0 Å². The Morgan fingerprint density at radius 3 is 2.53 bits per heavy atom. The molecule has 5 aromatic rings. The molecule has 156 valence electrons. The highest BCUT2D eigenvalue weighted by molar-refractivity contribution is 7.80. The van der Waals surface area contributed by atoms with E-state index in [0.29, 0.717) is 33.4 Å². The first-order valence-corrected chi connectivity index (χ1v) is 10.5. The number of hydrogen-bond acceptors (Lipinski definition) is 5. The first-order chi connectivity index (χ1) is 15.6. The van der Waals surface area contributed by atoms with Gasteiger partial charge in [-0.3, -0.25) is 10.1 Å². The smallest absolute Gasteiger partial charge is 0.258 e. The first kappa shape index (κ1) is 20.1. The van der Waals surface area contributed by atoms with Gasteiger partial charge in [0.15, 0.2) is 16.3 Å². The second-order valence-corrected chi connectivity index (χ2v) is 7.79. The predicted octanol–water partition coefficient (Wildman–Crippen LogP) is 5.82. The van der Waals surface area contributed by atoms with Gasteiger partial charge in [0.1, 0.15) is 0 Å². The molecule has 2 heterocycles. The minimum atomic E-state index is -0.314. The van der Waals surface area contributed by atoms with Crippen molar-refractivity contribution < 1.29 is 9.21 Å². The Morgan fingerprint density at radius 1 is 0.938 bits per heavy atom. The number of hydrogen-bond donors (Lipinski definition) is 2. The Balaban J connectivity index is 1.29. The maximum atomic E-state index is 12.8. The lowest BCUT2D eigenvalue weighted by atomic mass is 10.0. The molecule has 0 aliphatic heterocycles. The maximum absolute atomic E-state index is 12.8. The number of nitrogens with zero attached hydrogens (tertiary/aromatic N) is 2. The molecule has 0 aliphatic rings. The number of carbonyl (C=O) groups is 1. The van der Waals surface area contributed by atoms with Gasteiger partial charge in [0.25, 0.3) is 5.91 Å². The number of aromatic nitrogens is 2. The molecule has 8 heteroatoms. The second-order valence-electron chi connectivity index (χ2n) is 6.97. The third-order valence-electron chi connectivity index (χ3n) is 4.90. The first-order valence-electron chi connectivity index (χ1n) is 9.70. The van der Waals surface area contributed by atoms with E-state index in [0.717, 1.165) is 16.3 Å². The SMILES string of the molecule is O=C(NC(=S)Nc1ccc(-c2nc3ncccc3o2)cc1)c1cccc2c(Cl)cccc12. The van der Waals surface area contributed by atoms with Crippen LogP contribution in [0.3, 0.4) is 0 Å². The van der Waals surface area contributed by atoms with Crippen molar-refractivity contribution in [3.8, 4) is 11.5 Å². The minimum absolute atomic E-state index is 0.188. The topological polar surface area (TPSA) is 80.0 Å². The zero-order valence-corrected chi connectivity index (χ0v) is 18.1. The highest BCUT2D eigenvalue weighted by Gasteiger charge is 2.13. The van der Waals surface area contributed by atoms with Crippen molar-refractivity contribution in [3.05, 3.63) is 89.6 Å². The van der Waals surface area contributed by atoms with E-state index in [1.165, 1.54) is 0 Å². The van der Waals surface area contributed by atoms with Gasteiger partial charge in [-0.1, -0.05) is 35.9 Å². The van der Waals surface area contributed by atoms with Crippen molar-refractivity contribution >= 4 is 62.5 Å². The van der Waals surface area contributed by atoms with Crippen LogP contribution in [0.2, 0.25) is 5.02 Å². The third kappa shape index (κ3) is 3.91. The van der Waals surface area contributed by atoms with Crippen LogP contribution in [0.5, 0.6) is 0 Å². The Bertz CT molecular complexity index is 1450. The van der Waals surface area contributed by atoms with E-state index in [2.05, 4.69) is 20.6 Å². The molecule has 0 radical (unpaired) electrons. The quantitative estimate of drug-likeness (QED) is 0.331. The Labute approximate surface area is 193 Å². The van der Waals surface area contributed by atoms with Crippen LogP contribution in [0, 0.1) is 0 Å². The molecular weight excluding hydrogens is 444 g/mol. The number of amides is 1. The molecule has 0 bridgehead atoms. The molecule has 0 aliphatic carbocycles. The number of nitrogens with one attached hydrogen (secondary N) is 2. The summed E-state index contributed by atoms with van der Waals surface area (Å²) < 4.78 is 5.73. The molecule has 0 unspecified atom stereocenters. The predicted molar refractivity (Wildman–Crippen MR) is 130 cm³/mol. The number of pyridine rings is 1. The van der Waals surface area contributed by atoms with E-state index >= 15 is 0 Å². The summed E-state index contributed by atoms with van der Waals surface area (Å²) in [5.41, 5.74) is 3.20. The summed E-state index contributed by atoms with van der Waals surface area (Å²) in [5.74, 6) is 0.168. The average Bonchev–Trinajstić information content (AvgIpc) is 3.24. The summed E-state index contributed by atoms with van der Waals surface area (Å²) in [6, 6.07) is 21.8. The molecular formula is C24H15ClN4O2S. The van der Waals surface area contributed by atoms with Crippen molar-refractivity contribution in [2.24, 2.45) is 0 Å². The molecule has 1 amide bonds. The van der Waals surface area contributed by atoms with Gasteiger partial charge >= 0.3 is 0 Å². The van der Waals surface area contributed by atoms with Gasteiger partial charge in [-0.2, -0.15) is 4.98 Å². The summed E-state index contributed by atoms with van der Waals surface area (Å²) in [5, 5.41) is 8.09. The highest BCUT2D eigenvalue weighted by atomic mass is 35.5. The van der Waals surface area contributed by atoms with Crippen LogP contribution in [0.15, 0.2) is 83.4 Å². The number of fused-ring (bicyclic) bond motifs is 2. The standard InChI is InChI=1S/C24H15ClN4O2S/c25-19-7-2-4-16-17(19)5-1-6-18(16)22(30)29-24(32)27-15-11-9-14(10-12-15)23-28-21-20(31-23)8-3-13-26-21/h1-13H,(H2,27,29,30,32). The number of rotatable bonds is 3. The monoisotopic (exact) mass is 458 g/mol. The Kier molecular flexibility index (Phi) is 5.26. The molecule has 6 nitrogen and oxygen atoms in total. The number of benzene rings is 3. The largest absolute Gasteiger partial charge is 0.434 e. The molecule has 32 heavy (non-hydrogen) atoms. The van der Waals surface area contributed by atoms with Gasteiger partial charge in [-0.15, -0.1) is 0 Å². The van der Waals surface area contributed by atoms with Crippen molar-refractivity contribution in [2.75, 3.05) is 5.32 Å². The van der Waals surface area contributed by atoms with Crippen LogP contribution in [-0.2, 0) is 0 Å². The van der Waals surface area contributed by atoms with E-state index in [9.17, 15) is 4.79 Å². The fourth-order valence-corrected chi connectivity index (χ4v) is 3.84. The van der Waals surface area contributed by atoms with E-state index in [-0.39, 0.29) is 11.0 Å². The highest BCUT2D eigenvalue weighted by Crippen LogP contribution is 2.26. The van der Waals surface area contributed by atoms with Gasteiger partial charge in [0.2, 0.25) is 5.89 Å². The van der Waals surface area contributed by atoms with Crippen LogP contribution in [0.25, 0.3) is 33.5 Å². The van der Waals surface area contributed by atoms with Crippen molar-refractivity contribution in [1.29, 1.82) is 0 Å². The fraction of sp³-hybridized carbons (Fsp3) is 0. The van der Waals surface area contributed by atoms with Crippen molar-refractivity contribution in [2.45, 2.75) is 0 Å². The molecule has 0 fully saturated rings. The number of carbonyl (C=O) groups excluding carboxylic acids is 1. The van der Waals surface area contributed by atoms with Gasteiger partial charge in [0, 0.05) is 33.4 Å². The van der Waals surface area contributed by atoms with E-state index < -0.39 is 0 Å². The number of anilines is 1. The summed E-state index contributed by atoms with van der Waals surface area (Å²) in [7, 11) is 0. The lowest BCUT2D eigenvalue weighted by Gasteiger charge is -2.11. The maximum Gasteiger partial charge on any atom is 0.258 e.